The van der Waals surface area contributed by atoms with E-state index in [0.29, 0.717) is 12.0 Å². The van der Waals surface area contributed by atoms with Crippen LogP contribution in [0.4, 0.5) is 0 Å². The molecule has 2 heterocycles. The van der Waals surface area contributed by atoms with Gasteiger partial charge < -0.3 is 9.88 Å². The van der Waals surface area contributed by atoms with E-state index in [1.54, 1.807) is 0 Å². The smallest absolute Gasteiger partial charge is 0.0645 e. The molecule has 0 bridgehead atoms. The number of nitrogens with zero attached hydrogens (tertiary/aromatic N) is 2. The lowest BCUT2D eigenvalue weighted by atomic mass is 9.99. The van der Waals surface area contributed by atoms with Crippen molar-refractivity contribution >= 4 is 0 Å². The summed E-state index contributed by atoms with van der Waals surface area (Å²) in [4.78, 5) is 4.45. The van der Waals surface area contributed by atoms with Crippen molar-refractivity contribution in [2.24, 2.45) is 5.92 Å². The van der Waals surface area contributed by atoms with Gasteiger partial charge in [0.1, 0.15) is 0 Å². The third-order valence-electron chi connectivity index (χ3n) is 3.56. The predicted molar refractivity (Wildman–Crippen MR) is 79.1 cm³/mol. The van der Waals surface area contributed by atoms with Crippen molar-refractivity contribution in [1.82, 2.24) is 14.9 Å². The van der Waals surface area contributed by atoms with Crippen LogP contribution in [0.25, 0.3) is 0 Å². The molecule has 3 heteroatoms. The number of aromatic nitrogens is 2. The summed E-state index contributed by atoms with van der Waals surface area (Å²) < 4.78 is 2.21. The van der Waals surface area contributed by atoms with Gasteiger partial charge in [-0.05, 0) is 43.1 Å². The van der Waals surface area contributed by atoms with Crippen LogP contribution in [-0.2, 0) is 6.54 Å². The molecule has 0 aliphatic carbocycles. The molecule has 2 rings (SSSR count). The SMILES string of the molecule is CNC(c1ccn(Cc2ncccc2C)c1)C(C)C. The Kier molecular flexibility index (Phi) is 4.38. The van der Waals surface area contributed by atoms with Crippen molar-refractivity contribution in [3.8, 4) is 0 Å². The van der Waals surface area contributed by atoms with Gasteiger partial charge in [0, 0.05) is 24.6 Å². The van der Waals surface area contributed by atoms with Gasteiger partial charge in [0.25, 0.3) is 0 Å². The lowest BCUT2D eigenvalue weighted by Gasteiger charge is -2.18. The summed E-state index contributed by atoms with van der Waals surface area (Å²) in [6.45, 7) is 7.42. The predicted octanol–water partition coefficient (Wildman–Crippen LogP) is 3.16. The molecule has 0 saturated carbocycles. The summed E-state index contributed by atoms with van der Waals surface area (Å²) in [6.07, 6.45) is 6.21. The van der Waals surface area contributed by atoms with Crippen LogP contribution in [-0.4, -0.2) is 16.6 Å². The molecule has 0 aromatic carbocycles. The molecule has 1 N–H and O–H groups in total. The first-order valence-corrected chi connectivity index (χ1v) is 6.85. The largest absolute Gasteiger partial charge is 0.348 e. The molecule has 19 heavy (non-hydrogen) atoms. The molecule has 0 fully saturated rings. The van der Waals surface area contributed by atoms with Crippen LogP contribution >= 0.6 is 0 Å². The van der Waals surface area contributed by atoms with E-state index in [0.717, 1.165) is 12.2 Å². The maximum Gasteiger partial charge on any atom is 0.0645 e. The highest BCUT2D eigenvalue weighted by Gasteiger charge is 2.14. The first kappa shape index (κ1) is 13.8. The number of hydrogen-bond donors (Lipinski definition) is 1. The van der Waals surface area contributed by atoms with E-state index in [1.807, 2.05) is 19.3 Å². The first-order valence-electron chi connectivity index (χ1n) is 6.85. The Morgan fingerprint density at radius 3 is 2.74 bits per heavy atom. The van der Waals surface area contributed by atoms with Gasteiger partial charge in [0.05, 0.1) is 12.2 Å². The molecule has 2 aromatic rings. The number of pyridine rings is 1. The van der Waals surface area contributed by atoms with Gasteiger partial charge >= 0.3 is 0 Å². The number of nitrogens with one attached hydrogen (secondary N) is 1. The molecule has 102 valence electrons. The molecule has 0 radical (unpaired) electrons. The summed E-state index contributed by atoms with van der Waals surface area (Å²) in [6, 6.07) is 6.69. The van der Waals surface area contributed by atoms with Crippen molar-refractivity contribution in [3.63, 3.8) is 0 Å². The summed E-state index contributed by atoms with van der Waals surface area (Å²) in [5.41, 5.74) is 3.72. The standard InChI is InChI=1S/C16H23N3/c1-12(2)16(17-4)14-7-9-19(10-14)11-15-13(3)6-5-8-18-15/h5-10,12,16-17H,11H2,1-4H3. The Balaban J connectivity index is 2.16. The Hall–Kier alpha value is -1.61. The third kappa shape index (κ3) is 3.24. The minimum Gasteiger partial charge on any atom is -0.348 e. The second-order valence-corrected chi connectivity index (χ2v) is 5.39. The quantitative estimate of drug-likeness (QED) is 0.891. The highest BCUT2D eigenvalue weighted by Crippen LogP contribution is 2.21. The molecular formula is C16H23N3. The van der Waals surface area contributed by atoms with E-state index in [-0.39, 0.29) is 0 Å². The van der Waals surface area contributed by atoms with E-state index in [2.05, 4.69) is 60.2 Å². The van der Waals surface area contributed by atoms with Crippen LogP contribution < -0.4 is 5.32 Å². The molecular weight excluding hydrogens is 234 g/mol. The monoisotopic (exact) mass is 257 g/mol. The maximum absolute atomic E-state index is 4.45. The molecule has 0 aliphatic rings. The summed E-state index contributed by atoms with van der Waals surface area (Å²) in [5, 5.41) is 3.38. The van der Waals surface area contributed by atoms with E-state index >= 15 is 0 Å². The summed E-state index contributed by atoms with van der Waals surface area (Å²) in [5.74, 6) is 0.581. The minimum atomic E-state index is 0.408. The average Bonchev–Trinajstić information content (AvgIpc) is 2.81. The van der Waals surface area contributed by atoms with Crippen molar-refractivity contribution in [1.29, 1.82) is 0 Å². The van der Waals surface area contributed by atoms with Crippen LogP contribution in [0, 0.1) is 12.8 Å². The van der Waals surface area contributed by atoms with Gasteiger partial charge in [-0.25, -0.2) is 0 Å². The summed E-state index contributed by atoms with van der Waals surface area (Å²) in [7, 11) is 2.02. The van der Waals surface area contributed by atoms with Crippen LogP contribution in [0.1, 0.15) is 36.7 Å². The van der Waals surface area contributed by atoms with Crippen molar-refractivity contribution < 1.29 is 0 Å². The van der Waals surface area contributed by atoms with E-state index in [4.69, 9.17) is 0 Å². The molecule has 0 spiro atoms. The van der Waals surface area contributed by atoms with Crippen molar-refractivity contribution in [2.45, 2.75) is 33.4 Å². The van der Waals surface area contributed by atoms with Gasteiger partial charge in [0.15, 0.2) is 0 Å². The highest BCUT2D eigenvalue weighted by atomic mass is 15.0. The van der Waals surface area contributed by atoms with Crippen LogP contribution in [0.15, 0.2) is 36.8 Å². The minimum absolute atomic E-state index is 0.408. The fraction of sp³-hybridized carbons (Fsp3) is 0.438. The normalized spacial score (nSPS) is 12.9. The Morgan fingerprint density at radius 2 is 2.11 bits per heavy atom. The van der Waals surface area contributed by atoms with Crippen LogP contribution in [0.2, 0.25) is 0 Å². The molecule has 0 aliphatic heterocycles. The highest BCUT2D eigenvalue weighted by molar-refractivity contribution is 5.21. The third-order valence-corrected chi connectivity index (χ3v) is 3.56. The maximum atomic E-state index is 4.45. The molecule has 0 amide bonds. The van der Waals surface area contributed by atoms with Gasteiger partial charge in [0.2, 0.25) is 0 Å². The summed E-state index contributed by atoms with van der Waals surface area (Å²) >= 11 is 0. The fourth-order valence-corrected chi connectivity index (χ4v) is 2.48. The molecule has 1 atom stereocenters. The lowest BCUT2D eigenvalue weighted by molar-refractivity contribution is 0.442. The number of aryl methyl sites for hydroxylation is 1. The molecule has 3 nitrogen and oxygen atoms in total. The van der Waals surface area contributed by atoms with Gasteiger partial charge in [-0.15, -0.1) is 0 Å². The first-order chi connectivity index (χ1) is 9.11. The van der Waals surface area contributed by atoms with E-state index < -0.39 is 0 Å². The average molecular weight is 257 g/mol. The molecule has 2 aromatic heterocycles. The van der Waals surface area contributed by atoms with Gasteiger partial charge in [-0.2, -0.15) is 0 Å². The van der Waals surface area contributed by atoms with Gasteiger partial charge in [-0.3, -0.25) is 4.98 Å². The van der Waals surface area contributed by atoms with Gasteiger partial charge in [-0.1, -0.05) is 19.9 Å². The van der Waals surface area contributed by atoms with E-state index in [1.165, 1.54) is 11.1 Å². The van der Waals surface area contributed by atoms with Crippen molar-refractivity contribution in [3.05, 3.63) is 53.6 Å². The van der Waals surface area contributed by atoms with E-state index in [9.17, 15) is 0 Å². The number of hydrogen-bond acceptors (Lipinski definition) is 2. The Morgan fingerprint density at radius 1 is 1.32 bits per heavy atom. The lowest BCUT2D eigenvalue weighted by Crippen LogP contribution is -2.21. The second kappa shape index (κ2) is 6.02. The van der Waals surface area contributed by atoms with Crippen LogP contribution in [0.3, 0.4) is 0 Å². The van der Waals surface area contributed by atoms with Crippen molar-refractivity contribution in [2.75, 3.05) is 7.05 Å². The Labute approximate surface area is 115 Å². The topological polar surface area (TPSA) is 29.9 Å². The van der Waals surface area contributed by atoms with Crippen LogP contribution in [0.5, 0.6) is 0 Å². The zero-order chi connectivity index (χ0) is 13.8. The Bertz CT molecular complexity index is 528. The zero-order valence-corrected chi connectivity index (χ0v) is 12.2. The molecule has 0 saturated heterocycles. The fourth-order valence-electron chi connectivity index (χ4n) is 2.48. The second-order valence-electron chi connectivity index (χ2n) is 5.39. The zero-order valence-electron chi connectivity index (χ0n) is 12.2. The molecule has 1 unspecified atom stereocenters. The number of rotatable bonds is 5.